The molecule has 0 saturated heterocycles. The Bertz CT molecular complexity index is 248. The first-order valence-electron chi connectivity index (χ1n) is 6.46. The van der Waals surface area contributed by atoms with Crippen molar-refractivity contribution < 1.29 is 9.53 Å². The van der Waals surface area contributed by atoms with E-state index < -0.39 is 0 Å². The van der Waals surface area contributed by atoms with Crippen molar-refractivity contribution in [3.63, 3.8) is 0 Å². The van der Waals surface area contributed by atoms with Gasteiger partial charge in [-0.15, -0.1) is 0 Å². The molecule has 0 radical (unpaired) electrons. The van der Waals surface area contributed by atoms with Gasteiger partial charge in [-0.05, 0) is 32.1 Å². The maximum Gasteiger partial charge on any atom is 0.225 e. The molecule has 1 aliphatic rings. The fraction of sp³-hybridized carbons (Fsp3) is 0.923. The van der Waals surface area contributed by atoms with Crippen LogP contribution in [0.4, 0.5) is 0 Å². The van der Waals surface area contributed by atoms with Gasteiger partial charge in [-0.2, -0.15) is 0 Å². The molecule has 4 nitrogen and oxygen atoms in total. The molecule has 1 fully saturated rings. The normalized spacial score (nSPS) is 31.0. The number of nitrogens with zero attached hydrogens (tertiary/aromatic N) is 1. The van der Waals surface area contributed by atoms with Crippen molar-refractivity contribution in [3.05, 3.63) is 0 Å². The quantitative estimate of drug-likeness (QED) is 0.807. The molecule has 1 amide bonds. The first-order chi connectivity index (χ1) is 7.95. The lowest BCUT2D eigenvalue weighted by Gasteiger charge is -2.34. The number of carbonyl (C=O) groups is 1. The minimum atomic E-state index is 0.0954. The van der Waals surface area contributed by atoms with Crippen LogP contribution in [-0.2, 0) is 9.53 Å². The largest absolute Gasteiger partial charge is 0.383 e. The summed E-state index contributed by atoms with van der Waals surface area (Å²) in [6, 6.07) is 0.305. The standard InChI is InChI=1S/C13H26N2O2/c1-9-5-11(7-12(14)6-9)13(16)15(3)10(2)8-17-4/h9-12H,5-8,14H2,1-4H3. The molecule has 0 aromatic rings. The van der Waals surface area contributed by atoms with E-state index in [0.29, 0.717) is 12.5 Å². The average Bonchev–Trinajstić information content (AvgIpc) is 2.26. The second-order valence-corrected chi connectivity index (χ2v) is 5.52. The summed E-state index contributed by atoms with van der Waals surface area (Å²) in [5, 5.41) is 0. The van der Waals surface area contributed by atoms with Crippen LogP contribution in [0.5, 0.6) is 0 Å². The smallest absolute Gasteiger partial charge is 0.225 e. The van der Waals surface area contributed by atoms with Crippen LogP contribution in [0.3, 0.4) is 0 Å². The molecular weight excluding hydrogens is 216 g/mol. The summed E-state index contributed by atoms with van der Waals surface area (Å²) in [5.41, 5.74) is 5.99. The Labute approximate surface area is 104 Å². The number of rotatable bonds is 4. The number of amides is 1. The van der Waals surface area contributed by atoms with E-state index >= 15 is 0 Å². The summed E-state index contributed by atoms with van der Waals surface area (Å²) in [4.78, 5) is 14.1. The van der Waals surface area contributed by atoms with Gasteiger partial charge in [-0.1, -0.05) is 6.92 Å². The molecule has 1 rings (SSSR count). The zero-order valence-electron chi connectivity index (χ0n) is 11.5. The Morgan fingerprint density at radius 2 is 2.12 bits per heavy atom. The third-order valence-electron chi connectivity index (χ3n) is 3.75. The summed E-state index contributed by atoms with van der Waals surface area (Å²) < 4.78 is 5.09. The van der Waals surface area contributed by atoms with Crippen LogP contribution in [0.25, 0.3) is 0 Å². The third-order valence-corrected chi connectivity index (χ3v) is 3.75. The molecule has 2 N–H and O–H groups in total. The first-order valence-corrected chi connectivity index (χ1v) is 6.46. The van der Waals surface area contributed by atoms with E-state index in [1.54, 1.807) is 12.0 Å². The zero-order valence-corrected chi connectivity index (χ0v) is 11.5. The Hall–Kier alpha value is -0.610. The summed E-state index contributed by atoms with van der Waals surface area (Å²) in [7, 11) is 3.52. The molecule has 1 aliphatic carbocycles. The zero-order chi connectivity index (χ0) is 13.0. The number of nitrogens with two attached hydrogens (primary N) is 1. The van der Waals surface area contributed by atoms with Gasteiger partial charge in [-0.25, -0.2) is 0 Å². The Morgan fingerprint density at radius 1 is 1.47 bits per heavy atom. The highest BCUT2D eigenvalue weighted by molar-refractivity contribution is 5.79. The number of carbonyl (C=O) groups excluding carboxylic acids is 1. The third kappa shape index (κ3) is 3.96. The first kappa shape index (κ1) is 14.5. The number of methoxy groups -OCH3 is 1. The van der Waals surface area contributed by atoms with Crippen LogP contribution in [0, 0.1) is 11.8 Å². The van der Waals surface area contributed by atoms with E-state index in [2.05, 4.69) is 6.92 Å². The van der Waals surface area contributed by atoms with Crippen molar-refractivity contribution >= 4 is 5.91 Å². The van der Waals surface area contributed by atoms with Crippen molar-refractivity contribution in [3.8, 4) is 0 Å². The van der Waals surface area contributed by atoms with E-state index in [1.165, 1.54) is 0 Å². The summed E-state index contributed by atoms with van der Waals surface area (Å²) in [6.45, 7) is 4.77. The lowest BCUT2D eigenvalue weighted by atomic mass is 9.79. The second-order valence-electron chi connectivity index (χ2n) is 5.52. The molecule has 17 heavy (non-hydrogen) atoms. The summed E-state index contributed by atoms with van der Waals surface area (Å²) in [5.74, 6) is 0.869. The van der Waals surface area contributed by atoms with Gasteiger partial charge in [0.15, 0.2) is 0 Å². The maximum atomic E-state index is 12.3. The highest BCUT2D eigenvalue weighted by Gasteiger charge is 2.32. The van der Waals surface area contributed by atoms with Gasteiger partial charge in [0.1, 0.15) is 0 Å². The monoisotopic (exact) mass is 242 g/mol. The molecule has 4 heteroatoms. The van der Waals surface area contributed by atoms with Crippen molar-refractivity contribution in [1.82, 2.24) is 4.90 Å². The minimum Gasteiger partial charge on any atom is -0.383 e. The van der Waals surface area contributed by atoms with Gasteiger partial charge >= 0.3 is 0 Å². The average molecular weight is 242 g/mol. The molecule has 100 valence electrons. The van der Waals surface area contributed by atoms with Crippen molar-refractivity contribution in [2.24, 2.45) is 17.6 Å². The highest BCUT2D eigenvalue weighted by atomic mass is 16.5. The number of ether oxygens (including phenoxy) is 1. The molecule has 0 aliphatic heterocycles. The number of likely N-dealkylation sites (N-methyl/N-ethyl adjacent to an activating group) is 1. The molecule has 0 bridgehead atoms. The molecule has 4 unspecified atom stereocenters. The van der Waals surface area contributed by atoms with E-state index in [1.807, 2.05) is 14.0 Å². The van der Waals surface area contributed by atoms with Gasteiger partial charge in [0.25, 0.3) is 0 Å². The summed E-state index contributed by atoms with van der Waals surface area (Å²) >= 11 is 0. The highest BCUT2D eigenvalue weighted by Crippen LogP contribution is 2.29. The van der Waals surface area contributed by atoms with Crippen LogP contribution in [-0.4, -0.2) is 43.7 Å². The number of hydrogen-bond donors (Lipinski definition) is 1. The molecule has 0 spiro atoms. The molecule has 0 aromatic carbocycles. The molecule has 0 heterocycles. The SMILES string of the molecule is COCC(C)N(C)C(=O)C1CC(C)CC(N)C1. The van der Waals surface area contributed by atoms with E-state index in [0.717, 1.165) is 19.3 Å². The van der Waals surface area contributed by atoms with Crippen LogP contribution in [0.15, 0.2) is 0 Å². The van der Waals surface area contributed by atoms with Crippen molar-refractivity contribution in [2.75, 3.05) is 20.8 Å². The van der Waals surface area contributed by atoms with Gasteiger partial charge in [-0.3, -0.25) is 4.79 Å². The lowest BCUT2D eigenvalue weighted by Crippen LogP contribution is -2.45. The topological polar surface area (TPSA) is 55.6 Å². The Morgan fingerprint density at radius 3 is 2.65 bits per heavy atom. The van der Waals surface area contributed by atoms with Crippen molar-refractivity contribution in [2.45, 2.75) is 45.2 Å². The van der Waals surface area contributed by atoms with Gasteiger partial charge in [0.05, 0.1) is 12.6 Å². The molecule has 4 atom stereocenters. The van der Waals surface area contributed by atoms with Gasteiger partial charge in [0.2, 0.25) is 5.91 Å². The fourth-order valence-electron chi connectivity index (χ4n) is 2.72. The van der Waals surface area contributed by atoms with Crippen molar-refractivity contribution in [1.29, 1.82) is 0 Å². The predicted molar refractivity (Wildman–Crippen MR) is 68.6 cm³/mol. The lowest BCUT2D eigenvalue weighted by molar-refractivity contribution is -0.138. The van der Waals surface area contributed by atoms with Crippen LogP contribution >= 0.6 is 0 Å². The Balaban J connectivity index is 2.56. The molecule has 1 saturated carbocycles. The van der Waals surface area contributed by atoms with Crippen LogP contribution < -0.4 is 5.73 Å². The van der Waals surface area contributed by atoms with E-state index in [9.17, 15) is 4.79 Å². The van der Waals surface area contributed by atoms with E-state index in [4.69, 9.17) is 10.5 Å². The van der Waals surface area contributed by atoms with Crippen LogP contribution in [0.2, 0.25) is 0 Å². The fourth-order valence-corrected chi connectivity index (χ4v) is 2.72. The van der Waals surface area contributed by atoms with Gasteiger partial charge < -0.3 is 15.4 Å². The molecule has 0 aromatic heterocycles. The second kappa shape index (κ2) is 6.36. The molecular formula is C13H26N2O2. The van der Waals surface area contributed by atoms with Gasteiger partial charge in [0, 0.05) is 26.1 Å². The minimum absolute atomic E-state index is 0.0954. The maximum absolute atomic E-state index is 12.3. The summed E-state index contributed by atoms with van der Waals surface area (Å²) in [6.07, 6.45) is 2.84. The van der Waals surface area contributed by atoms with E-state index in [-0.39, 0.29) is 23.9 Å². The van der Waals surface area contributed by atoms with Crippen LogP contribution in [0.1, 0.15) is 33.1 Å². The number of hydrogen-bond acceptors (Lipinski definition) is 3. The Kier molecular flexibility index (Phi) is 5.40. The predicted octanol–water partition coefficient (Wildman–Crippen LogP) is 1.24.